The summed E-state index contributed by atoms with van der Waals surface area (Å²) in [6, 6.07) is 64.2. The fourth-order valence-electron chi connectivity index (χ4n) is 7.55. The summed E-state index contributed by atoms with van der Waals surface area (Å²) >= 11 is 0. The molecule has 0 aliphatic carbocycles. The fraction of sp³-hybridized carbons (Fsp3) is 0. The molecule has 4 heteroatoms. The van der Waals surface area contributed by atoms with E-state index >= 15 is 0 Å². The molecule has 3 heterocycles. The Morgan fingerprint density at radius 3 is 1.20 bits per heavy atom. The zero-order valence-electron chi connectivity index (χ0n) is 27.1. The highest BCUT2D eigenvalue weighted by molar-refractivity contribution is 6.12. The summed E-state index contributed by atoms with van der Waals surface area (Å²) < 4.78 is 4.83. The van der Waals surface area contributed by atoms with Crippen molar-refractivity contribution in [2.45, 2.75) is 0 Å². The van der Waals surface area contributed by atoms with Gasteiger partial charge in [-0.05, 0) is 42.5 Å². The van der Waals surface area contributed by atoms with Crippen molar-refractivity contribution in [1.82, 2.24) is 19.1 Å². The van der Waals surface area contributed by atoms with E-state index in [1.807, 2.05) is 12.1 Å². The highest BCUT2D eigenvalue weighted by atomic mass is 15.1. The standard InChI is InChI=1S/C46H30N4/c1-3-16-31(17-4-1)38-30-39(32-18-5-2-6-19-32)48-46(47-38)37-24-15-29-44(49-40-25-11-7-20-33(40)34-21-8-12-26-41(34)49)45(37)50-42-27-13-9-22-35(42)36-23-10-14-28-43(36)50/h1-30H. The molecule has 0 amide bonds. The summed E-state index contributed by atoms with van der Waals surface area (Å²) in [6.07, 6.45) is 0. The van der Waals surface area contributed by atoms with Crippen LogP contribution in [0.4, 0.5) is 0 Å². The van der Waals surface area contributed by atoms with Crippen LogP contribution in [0.5, 0.6) is 0 Å². The molecule has 0 spiro atoms. The third kappa shape index (κ3) is 4.39. The third-order valence-corrected chi connectivity index (χ3v) is 9.75. The van der Waals surface area contributed by atoms with E-state index in [2.05, 4.69) is 179 Å². The van der Waals surface area contributed by atoms with Crippen molar-refractivity contribution >= 4 is 43.6 Å². The first-order chi connectivity index (χ1) is 24.8. The summed E-state index contributed by atoms with van der Waals surface area (Å²) in [5.41, 5.74) is 11.4. The highest BCUT2D eigenvalue weighted by Crippen LogP contribution is 2.42. The van der Waals surface area contributed by atoms with Gasteiger partial charge in [-0.3, -0.25) is 0 Å². The lowest BCUT2D eigenvalue weighted by atomic mass is 10.0. The lowest BCUT2D eigenvalue weighted by Gasteiger charge is -2.20. The number of fused-ring (bicyclic) bond motifs is 6. The van der Waals surface area contributed by atoms with E-state index in [4.69, 9.17) is 9.97 Å². The Balaban J connectivity index is 1.37. The first-order valence-corrected chi connectivity index (χ1v) is 16.9. The van der Waals surface area contributed by atoms with Crippen LogP contribution in [0.25, 0.3) is 88.9 Å². The SMILES string of the molecule is c1ccc(-c2cc(-c3ccccc3)nc(-c3cccc(-n4c5ccccc5c5ccccc54)c3-n3c4ccccc4c4ccccc43)n2)cc1. The number of hydrogen-bond acceptors (Lipinski definition) is 2. The van der Waals surface area contributed by atoms with Crippen LogP contribution in [0.15, 0.2) is 182 Å². The topological polar surface area (TPSA) is 35.6 Å². The molecular formula is C46H30N4. The fourth-order valence-corrected chi connectivity index (χ4v) is 7.55. The molecule has 0 bridgehead atoms. The van der Waals surface area contributed by atoms with E-state index < -0.39 is 0 Å². The van der Waals surface area contributed by atoms with E-state index in [-0.39, 0.29) is 0 Å². The predicted octanol–water partition coefficient (Wildman–Crippen LogP) is 11.7. The van der Waals surface area contributed by atoms with Gasteiger partial charge in [-0.25, -0.2) is 9.97 Å². The van der Waals surface area contributed by atoms with Gasteiger partial charge in [0.1, 0.15) is 0 Å². The van der Waals surface area contributed by atoms with Gasteiger partial charge < -0.3 is 9.13 Å². The summed E-state index contributed by atoms with van der Waals surface area (Å²) in [7, 11) is 0. The van der Waals surface area contributed by atoms with Crippen molar-refractivity contribution < 1.29 is 0 Å². The number of nitrogens with zero attached hydrogens (tertiary/aromatic N) is 4. The van der Waals surface area contributed by atoms with E-state index in [9.17, 15) is 0 Å². The molecule has 7 aromatic carbocycles. The molecule has 234 valence electrons. The van der Waals surface area contributed by atoms with E-state index in [1.54, 1.807) is 0 Å². The first kappa shape index (κ1) is 28.3. The molecule has 0 aliphatic heterocycles. The molecule has 0 saturated heterocycles. The lowest BCUT2D eigenvalue weighted by molar-refractivity contribution is 1.08. The lowest BCUT2D eigenvalue weighted by Crippen LogP contribution is -2.07. The van der Waals surface area contributed by atoms with Crippen molar-refractivity contribution in [1.29, 1.82) is 0 Å². The Morgan fingerprint density at radius 1 is 0.340 bits per heavy atom. The largest absolute Gasteiger partial charge is 0.307 e. The minimum Gasteiger partial charge on any atom is -0.307 e. The molecule has 0 radical (unpaired) electrons. The Hall–Kier alpha value is -6.78. The van der Waals surface area contributed by atoms with Crippen LogP contribution in [0.3, 0.4) is 0 Å². The number of rotatable bonds is 5. The van der Waals surface area contributed by atoms with Crippen LogP contribution >= 0.6 is 0 Å². The maximum Gasteiger partial charge on any atom is 0.162 e. The maximum atomic E-state index is 5.34. The third-order valence-electron chi connectivity index (χ3n) is 9.75. The smallest absolute Gasteiger partial charge is 0.162 e. The monoisotopic (exact) mass is 638 g/mol. The molecule has 0 N–H and O–H groups in total. The van der Waals surface area contributed by atoms with Gasteiger partial charge in [0.05, 0.1) is 44.8 Å². The van der Waals surface area contributed by atoms with Crippen molar-refractivity contribution in [3.63, 3.8) is 0 Å². The number of para-hydroxylation sites is 5. The Morgan fingerprint density at radius 2 is 0.740 bits per heavy atom. The van der Waals surface area contributed by atoms with Crippen molar-refractivity contribution in [3.8, 4) is 45.3 Å². The van der Waals surface area contributed by atoms with Gasteiger partial charge in [0.15, 0.2) is 5.82 Å². The summed E-state index contributed by atoms with van der Waals surface area (Å²) in [4.78, 5) is 10.7. The van der Waals surface area contributed by atoms with Gasteiger partial charge in [-0.15, -0.1) is 0 Å². The second kappa shape index (κ2) is 11.4. The molecule has 4 nitrogen and oxygen atoms in total. The number of aromatic nitrogens is 4. The van der Waals surface area contributed by atoms with Crippen LogP contribution in [0, 0.1) is 0 Å². The number of benzene rings is 7. The molecular weight excluding hydrogens is 609 g/mol. The Labute approximate surface area is 289 Å². The van der Waals surface area contributed by atoms with Gasteiger partial charge in [0.2, 0.25) is 0 Å². The van der Waals surface area contributed by atoms with Crippen LogP contribution in [-0.2, 0) is 0 Å². The minimum absolute atomic E-state index is 0.671. The quantitative estimate of drug-likeness (QED) is 0.188. The molecule has 0 unspecified atom stereocenters. The van der Waals surface area contributed by atoms with Crippen LogP contribution in [0.2, 0.25) is 0 Å². The van der Waals surface area contributed by atoms with Crippen LogP contribution in [0.1, 0.15) is 0 Å². The molecule has 0 atom stereocenters. The maximum absolute atomic E-state index is 5.34. The predicted molar refractivity (Wildman–Crippen MR) is 207 cm³/mol. The van der Waals surface area contributed by atoms with Gasteiger partial charge in [0, 0.05) is 38.2 Å². The molecule has 0 aliphatic rings. The molecule has 10 aromatic rings. The molecule has 3 aromatic heterocycles. The first-order valence-electron chi connectivity index (χ1n) is 16.9. The van der Waals surface area contributed by atoms with Crippen molar-refractivity contribution in [3.05, 3.63) is 182 Å². The van der Waals surface area contributed by atoms with Crippen LogP contribution < -0.4 is 0 Å². The second-order valence-electron chi connectivity index (χ2n) is 12.6. The van der Waals surface area contributed by atoms with Crippen LogP contribution in [-0.4, -0.2) is 19.1 Å². The van der Waals surface area contributed by atoms with Crippen molar-refractivity contribution in [2.24, 2.45) is 0 Å². The molecule has 50 heavy (non-hydrogen) atoms. The van der Waals surface area contributed by atoms with Gasteiger partial charge in [-0.2, -0.15) is 0 Å². The van der Waals surface area contributed by atoms with Gasteiger partial charge in [-0.1, -0.05) is 140 Å². The number of hydrogen-bond donors (Lipinski definition) is 0. The Kier molecular flexibility index (Phi) is 6.46. The zero-order chi connectivity index (χ0) is 33.0. The zero-order valence-corrected chi connectivity index (χ0v) is 27.1. The second-order valence-corrected chi connectivity index (χ2v) is 12.6. The average molecular weight is 639 g/mol. The van der Waals surface area contributed by atoms with E-state index in [0.29, 0.717) is 5.82 Å². The normalized spacial score (nSPS) is 11.6. The Bertz CT molecular complexity index is 2700. The highest BCUT2D eigenvalue weighted by Gasteiger charge is 2.24. The molecule has 0 saturated carbocycles. The van der Waals surface area contributed by atoms with E-state index in [1.165, 1.54) is 21.5 Å². The van der Waals surface area contributed by atoms with E-state index in [0.717, 1.165) is 61.5 Å². The summed E-state index contributed by atoms with van der Waals surface area (Å²) in [5.74, 6) is 0.671. The van der Waals surface area contributed by atoms with Gasteiger partial charge >= 0.3 is 0 Å². The summed E-state index contributed by atoms with van der Waals surface area (Å²) in [5, 5.41) is 4.84. The van der Waals surface area contributed by atoms with Gasteiger partial charge in [0.25, 0.3) is 0 Å². The van der Waals surface area contributed by atoms with Crippen molar-refractivity contribution in [2.75, 3.05) is 0 Å². The molecule has 0 fully saturated rings. The minimum atomic E-state index is 0.671. The molecule has 10 rings (SSSR count). The summed E-state index contributed by atoms with van der Waals surface area (Å²) in [6.45, 7) is 0. The average Bonchev–Trinajstić information content (AvgIpc) is 3.71.